The van der Waals surface area contributed by atoms with Crippen LogP contribution in [0.3, 0.4) is 0 Å². The number of rotatable bonds is 10. The maximum atomic E-state index is 6.37. The molecule has 0 radical (unpaired) electrons. The second kappa shape index (κ2) is 10.7. The highest BCUT2D eigenvalue weighted by Crippen LogP contribution is 2.31. The topological polar surface area (TPSA) is 89.6 Å². The molecule has 6 heteroatoms. The predicted molar refractivity (Wildman–Crippen MR) is 125 cm³/mol. The zero-order chi connectivity index (χ0) is 22.1. The zero-order valence-electron chi connectivity index (χ0n) is 18.0. The van der Waals surface area contributed by atoms with Gasteiger partial charge in [-0.1, -0.05) is 24.3 Å². The molecule has 0 aliphatic heterocycles. The van der Waals surface area contributed by atoms with E-state index in [9.17, 15) is 0 Å². The Morgan fingerprint density at radius 1 is 0.594 bits per heavy atom. The molecule has 3 N–H and O–H groups in total. The van der Waals surface area contributed by atoms with Crippen molar-refractivity contribution in [1.82, 2.24) is 25.4 Å². The zero-order valence-corrected chi connectivity index (χ0v) is 18.0. The van der Waals surface area contributed by atoms with E-state index in [1.807, 2.05) is 85.5 Å². The molecule has 4 heterocycles. The minimum absolute atomic E-state index is 0.0984. The molecule has 0 fully saturated rings. The monoisotopic (exact) mass is 424 g/mol. The van der Waals surface area contributed by atoms with Gasteiger partial charge in [0.1, 0.15) is 0 Å². The Morgan fingerprint density at radius 2 is 0.969 bits per heavy atom. The summed E-state index contributed by atoms with van der Waals surface area (Å²) in [6.07, 6.45) is 10.1. The van der Waals surface area contributed by atoms with Gasteiger partial charge in [0.15, 0.2) is 0 Å². The second-order valence-corrected chi connectivity index (χ2v) is 8.04. The molecule has 162 valence electrons. The van der Waals surface area contributed by atoms with E-state index < -0.39 is 5.54 Å². The highest BCUT2D eigenvalue weighted by Gasteiger charge is 2.39. The molecule has 4 aromatic heterocycles. The smallest absolute Gasteiger partial charge is 0.0467 e. The van der Waals surface area contributed by atoms with Crippen molar-refractivity contribution in [2.75, 3.05) is 0 Å². The maximum Gasteiger partial charge on any atom is 0.0467 e. The highest BCUT2D eigenvalue weighted by atomic mass is 15.3. The SMILES string of the molecule is NNC(Cc1ccccn1)(Cc1ccccn1)C(Cc1ccccn1)Cc1ccccn1. The first-order valence-corrected chi connectivity index (χ1v) is 10.8. The molecule has 4 rings (SSSR count). The van der Waals surface area contributed by atoms with Gasteiger partial charge in [-0.05, 0) is 67.3 Å². The van der Waals surface area contributed by atoms with Gasteiger partial charge in [-0.2, -0.15) is 0 Å². The molecule has 0 unspecified atom stereocenters. The van der Waals surface area contributed by atoms with Crippen LogP contribution in [-0.2, 0) is 25.7 Å². The first-order valence-electron chi connectivity index (χ1n) is 10.8. The molecule has 4 aromatic rings. The van der Waals surface area contributed by atoms with Gasteiger partial charge in [-0.25, -0.2) is 0 Å². The Hall–Kier alpha value is -3.48. The van der Waals surface area contributed by atoms with Crippen LogP contribution in [0.15, 0.2) is 97.6 Å². The summed E-state index contributed by atoms with van der Waals surface area (Å²) in [4.78, 5) is 18.4. The maximum absolute atomic E-state index is 6.37. The van der Waals surface area contributed by atoms with Gasteiger partial charge in [-0.15, -0.1) is 0 Å². The van der Waals surface area contributed by atoms with Gasteiger partial charge in [0.05, 0.1) is 0 Å². The van der Waals surface area contributed by atoms with Crippen molar-refractivity contribution in [3.63, 3.8) is 0 Å². The molecule has 0 aliphatic carbocycles. The van der Waals surface area contributed by atoms with Crippen LogP contribution in [0.25, 0.3) is 0 Å². The minimum atomic E-state index is -0.502. The van der Waals surface area contributed by atoms with E-state index in [1.165, 1.54) is 0 Å². The Labute approximate surface area is 189 Å². The van der Waals surface area contributed by atoms with E-state index in [0.29, 0.717) is 12.8 Å². The summed E-state index contributed by atoms with van der Waals surface area (Å²) in [6, 6.07) is 24.0. The van der Waals surface area contributed by atoms with Gasteiger partial charge >= 0.3 is 0 Å². The summed E-state index contributed by atoms with van der Waals surface area (Å²) in [7, 11) is 0. The fourth-order valence-corrected chi connectivity index (χ4v) is 4.23. The molecular formula is C26H28N6. The lowest BCUT2D eigenvalue weighted by Gasteiger charge is -2.40. The summed E-state index contributed by atoms with van der Waals surface area (Å²) in [5.74, 6) is 6.46. The Morgan fingerprint density at radius 3 is 1.28 bits per heavy atom. The van der Waals surface area contributed by atoms with Gasteiger partial charge in [-0.3, -0.25) is 31.2 Å². The fourth-order valence-electron chi connectivity index (χ4n) is 4.23. The van der Waals surface area contributed by atoms with E-state index >= 15 is 0 Å². The Bertz CT molecular complexity index is 975. The molecular weight excluding hydrogens is 396 g/mol. The van der Waals surface area contributed by atoms with Crippen LogP contribution < -0.4 is 11.3 Å². The van der Waals surface area contributed by atoms with Gasteiger partial charge < -0.3 is 0 Å². The van der Waals surface area contributed by atoms with Crippen molar-refractivity contribution >= 4 is 0 Å². The average Bonchev–Trinajstić information content (AvgIpc) is 2.86. The van der Waals surface area contributed by atoms with Crippen LogP contribution in [0.2, 0.25) is 0 Å². The van der Waals surface area contributed by atoms with Crippen LogP contribution in [0.1, 0.15) is 22.8 Å². The van der Waals surface area contributed by atoms with Crippen molar-refractivity contribution in [2.24, 2.45) is 11.8 Å². The van der Waals surface area contributed by atoms with Crippen molar-refractivity contribution in [3.05, 3.63) is 120 Å². The van der Waals surface area contributed by atoms with E-state index in [1.54, 1.807) is 0 Å². The van der Waals surface area contributed by atoms with E-state index in [4.69, 9.17) is 5.84 Å². The molecule has 32 heavy (non-hydrogen) atoms. The van der Waals surface area contributed by atoms with Crippen LogP contribution in [0.5, 0.6) is 0 Å². The number of aromatic nitrogens is 4. The molecule has 0 aromatic carbocycles. The first kappa shape index (κ1) is 21.7. The third kappa shape index (κ3) is 5.60. The van der Waals surface area contributed by atoms with Crippen LogP contribution >= 0.6 is 0 Å². The van der Waals surface area contributed by atoms with Crippen molar-refractivity contribution in [2.45, 2.75) is 31.2 Å². The van der Waals surface area contributed by atoms with Gasteiger partial charge in [0.25, 0.3) is 0 Å². The minimum Gasteiger partial charge on any atom is -0.271 e. The largest absolute Gasteiger partial charge is 0.271 e. The number of hydrogen-bond acceptors (Lipinski definition) is 6. The molecule has 0 saturated carbocycles. The number of nitrogens with zero attached hydrogens (tertiary/aromatic N) is 4. The number of nitrogens with two attached hydrogens (primary N) is 1. The third-order valence-corrected chi connectivity index (χ3v) is 5.88. The van der Waals surface area contributed by atoms with Crippen LogP contribution in [-0.4, -0.2) is 25.5 Å². The quantitative estimate of drug-likeness (QED) is 0.300. The third-order valence-electron chi connectivity index (χ3n) is 5.88. The Kier molecular flexibility index (Phi) is 7.27. The second-order valence-electron chi connectivity index (χ2n) is 8.04. The molecule has 0 aliphatic rings. The van der Waals surface area contributed by atoms with Gasteiger partial charge in [0.2, 0.25) is 0 Å². The lowest BCUT2D eigenvalue weighted by molar-refractivity contribution is 0.194. The van der Waals surface area contributed by atoms with Crippen molar-refractivity contribution < 1.29 is 0 Å². The van der Waals surface area contributed by atoms with E-state index in [2.05, 4.69) is 37.5 Å². The van der Waals surface area contributed by atoms with Gasteiger partial charge in [0, 0.05) is 65.9 Å². The first-order chi connectivity index (χ1) is 15.8. The number of pyridine rings is 4. The molecule has 0 saturated heterocycles. The normalized spacial score (nSPS) is 11.6. The number of hydrazine groups is 1. The van der Waals surface area contributed by atoms with E-state index in [0.717, 1.165) is 35.6 Å². The number of nitrogens with one attached hydrogen (secondary N) is 1. The lowest BCUT2D eigenvalue weighted by atomic mass is 9.72. The average molecular weight is 425 g/mol. The number of hydrogen-bond donors (Lipinski definition) is 2. The predicted octanol–water partition coefficient (Wildman–Crippen LogP) is 3.36. The molecule has 0 spiro atoms. The molecule has 6 nitrogen and oxygen atoms in total. The van der Waals surface area contributed by atoms with Crippen molar-refractivity contribution in [3.8, 4) is 0 Å². The van der Waals surface area contributed by atoms with E-state index in [-0.39, 0.29) is 5.92 Å². The summed E-state index contributed by atoms with van der Waals surface area (Å²) >= 11 is 0. The molecule has 0 atom stereocenters. The molecule has 0 bridgehead atoms. The highest BCUT2D eigenvalue weighted by molar-refractivity contribution is 5.19. The lowest BCUT2D eigenvalue weighted by Crippen LogP contribution is -2.59. The van der Waals surface area contributed by atoms with Crippen molar-refractivity contribution in [1.29, 1.82) is 0 Å². The summed E-state index contributed by atoms with van der Waals surface area (Å²) in [6.45, 7) is 0. The Balaban J connectivity index is 1.76. The summed E-state index contributed by atoms with van der Waals surface area (Å²) < 4.78 is 0. The van der Waals surface area contributed by atoms with Crippen LogP contribution in [0, 0.1) is 5.92 Å². The summed E-state index contributed by atoms with van der Waals surface area (Å²) in [5.41, 5.74) is 6.72. The van der Waals surface area contributed by atoms with Crippen LogP contribution in [0.4, 0.5) is 0 Å². The standard InChI is InChI=1S/C26H28N6/c27-32-26(19-24-11-3-7-15-30-24,20-25-12-4-8-16-31-25)21(17-22-9-1-5-13-28-22)18-23-10-2-6-14-29-23/h1-16,21,32H,17-20,27H2. The fraction of sp³-hybridized carbons (Fsp3) is 0.231. The summed E-state index contributed by atoms with van der Waals surface area (Å²) in [5, 5.41) is 0. The molecule has 0 amide bonds.